The number of anilines is 1. The van der Waals surface area contributed by atoms with E-state index in [1.54, 1.807) is 49.6 Å². The minimum atomic E-state index is -4.26. The summed E-state index contributed by atoms with van der Waals surface area (Å²) >= 11 is 0. The van der Waals surface area contributed by atoms with E-state index in [0.29, 0.717) is 22.7 Å². The minimum Gasteiger partial charge on any atom is -0.325 e. The van der Waals surface area contributed by atoms with Crippen LogP contribution in [-0.4, -0.2) is 38.4 Å². The fourth-order valence-electron chi connectivity index (χ4n) is 4.14. The third-order valence-corrected chi connectivity index (χ3v) is 7.42. The molecule has 1 heterocycles. The zero-order valence-corrected chi connectivity index (χ0v) is 21.3. The van der Waals surface area contributed by atoms with E-state index >= 15 is 0 Å². The number of nitrogens with one attached hydrogen (secondary N) is 2. The van der Waals surface area contributed by atoms with Gasteiger partial charge in [0.2, 0.25) is 5.91 Å². The number of amides is 3. The standard InChI is InChI=1S/C27H24F2N4O4S/c1-17-6-3-4-9-25(17)38(36,37)32-27(35)31-23(14-18-12-20(28)15-21(29)13-18)26(34)33(2)24-8-5-7-19-16-30-11-10-22(19)24/h3-13,15-16,23H,14H2,1-2H3,(H2,31,32,35)/t23-/m0/s1. The van der Waals surface area contributed by atoms with Crippen LogP contribution in [0.15, 0.2) is 84.0 Å². The molecule has 3 amide bonds. The Bertz CT molecular complexity index is 1600. The summed E-state index contributed by atoms with van der Waals surface area (Å²) in [5.41, 5.74) is 1.01. The van der Waals surface area contributed by atoms with E-state index < -0.39 is 39.6 Å². The second kappa shape index (κ2) is 10.9. The number of halogens is 2. The van der Waals surface area contributed by atoms with Crippen molar-refractivity contribution >= 4 is 38.4 Å². The Hall–Kier alpha value is -4.38. The highest BCUT2D eigenvalue weighted by Crippen LogP contribution is 2.26. The average molecular weight is 539 g/mol. The maximum Gasteiger partial charge on any atom is 0.329 e. The number of fused-ring (bicyclic) bond motifs is 1. The Morgan fingerprint density at radius 1 is 1.00 bits per heavy atom. The molecule has 4 rings (SSSR count). The minimum absolute atomic E-state index is 0.0958. The largest absolute Gasteiger partial charge is 0.329 e. The molecule has 8 nitrogen and oxygen atoms in total. The monoisotopic (exact) mass is 538 g/mol. The highest BCUT2D eigenvalue weighted by molar-refractivity contribution is 7.90. The van der Waals surface area contributed by atoms with Gasteiger partial charge in [-0.15, -0.1) is 0 Å². The van der Waals surface area contributed by atoms with Crippen molar-refractivity contribution in [3.05, 3.63) is 102 Å². The van der Waals surface area contributed by atoms with E-state index in [2.05, 4.69) is 10.3 Å². The Kier molecular flexibility index (Phi) is 7.67. The van der Waals surface area contributed by atoms with Crippen LogP contribution in [0.4, 0.5) is 19.3 Å². The van der Waals surface area contributed by atoms with Crippen molar-refractivity contribution in [1.82, 2.24) is 15.0 Å². The molecule has 3 aromatic carbocycles. The second-order valence-corrected chi connectivity index (χ2v) is 10.3. The van der Waals surface area contributed by atoms with Crippen LogP contribution in [0.2, 0.25) is 0 Å². The molecule has 0 fully saturated rings. The number of rotatable bonds is 7. The summed E-state index contributed by atoms with van der Waals surface area (Å²) in [5.74, 6) is -2.34. The van der Waals surface area contributed by atoms with E-state index in [1.165, 1.54) is 24.1 Å². The summed E-state index contributed by atoms with van der Waals surface area (Å²) in [4.78, 5) is 31.7. The van der Waals surface area contributed by atoms with Crippen molar-refractivity contribution in [2.75, 3.05) is 11.9 Å². The molecule has 38 heavy (non-hydrogen) atoms. The van der Waals surface area contributed by atoms with Crippen LogP contribution in [0.3, 0.4) is 0 Å². The van der Waals surface area contributed by atoms with Crippen LogP contribution in [0, 0.1) is 18.6 Å². The van der Waals surface area contributed by atoms with Gasteiger partial charge in [0.1, 0.15) is 17.7 Å². The predicted molar refractivity (Wildman–Crippen MR) is 139 cm³/mol. The lowest BCUT2D eigenvalue weighted by Gasteiger charge is -2.26. The summed E-state index contributed by atoms with van der Waals surface area (Å²) in [5, 5.41) is 3.85. The first-order valence-electron chi connectivity index (χ1n) is 11.5. The Labute approximate surface area is 218 Å². The van der Waals surface area contributed by atoms with Gasteiger partial charge in [-0.2, -0.15) is 0 Å². The number of likely N-dealkylation sites (N-methyl/N-ethyl adjacent to an activating group) is 1. The first kappa shape index (κ1) is 26.7. The first-order chi connectivity index (χ1) is 18.0. The zero-order chi connectivity index (χ0) is 27.4. The lowest BCUT2D eigenvalue weighted by atomic mass is 10.0. The fraction of sp³-hybridized carbons (Fsp3) is 0.148. The third-order valence-electron chi connectivity index (χ3n) is 5.93. The van der Waals surface area contributed by atoms with Crippen molar-refractivity contribution in [3.8, 4) is 0 Å². The number of aromatic nitrogens is 1. The van der Waals surface area contributed by atoms with Crippen molar-refractivity contribution in [1.29, 1.82) is 0 Å². The lowest BCUT2D eigenvalue weighted by Crippen LogP contribution is -2.52. The van der Waals surface area contributed by atoms with Crippen molar-refractivity contribution < 1.29 is 26.8 Å². The number of urea groups is 1. The third kappa shape index (κ3) is 5.94. The van der Waals surface area contributed by atoms with E-state index in [-0.39, 0.29) is 16.9 Å². The normalized spacial score (nSPS) is 12.1. The smallest absolute Gasteiger partial charge is 0.325 e. The number of carbonyl (C=O) groups is 2. The topological polar surface area (TPSA) is 108 Å². The molecule has 196 valence electrons. The number of sulfonamides is 1. The molecule has 2 N–H and O–H groups in total. The summed E-state index contributed by atoms with van der Waals surface area (Å²) in [7, 11) is -2.78. The van der Waals surface area contributed by atoms with Crippen LogP contribution < -0.4 is 14.9 Å². The molecule has 0 unspecified atom stereocenters. The fourth-order valence-corrected chi connectivity index (χ4v) is 5.30. The Balaban J connectivity index is 1.64. The molecule has 0 aliphatic heterocycles. The molecule has 0 saturated heterocycles. The van der Waals surface area contributed by atoms with Gasteiger partial charge in [0, 0.05) is 42.7 Å². The maximum absolute atomic E-state index is 13.9. The van der Waals surface area contributed by atoms with E-state index in [4.69, 9.17) is 0 Å². The molecule has 0 bridgehead atoms. The van der Waals surface area contributed by atoms with Crippen LogP contribution in [-0.2, 0) is 21.2 Å². The SMILES string of the molecule is Cc1ccccc1S(=O)(=O)NC(=O)N[C@@H](Cc1cc(F)cc(F)c1)C(=O)N(C)c1cccc2cnccc12. The molecule has 1 aromatic heterocycles. The number of carbonyl (C=O) groups excluding carboxylic acids is 2. The molecule has 0 saturated carbocycles. The van der Waals surface area contributed by atoms with E-state index in [0.717, 1.165) is 17.5 Å². The molecular formula is C27H24F2N4O4S. The van der Waals surface area contributed by atoms with Gasteiger partial charge in [-0.25, -0.2) is 26.7 Å². The van der Waals surface area contributed by atoms with Crippen molar-refractivity contribution in [2.45, 2.75) is 24.3 Å². The lowest BCUT2D eigenvalue weighted by molar-refractivity contribution is -0.120. The van der Waals surface area contributed by atoms with Gasteiger partial charge in [0.25, 0.3) is 10.0 Å². The number of pyridine rings is 1. The molecule has 0 aliphatic rings. The second-order valence-electron chi connectivity index (χ2n) is 8.65. The number of hydrogen-bond donors (Lipinski definition) is 2. The summed E-state index contributed by atoms with van der Waals surface area (Å²) in [6.07, 6.45) is 2.90. The molecule has 0 aliphatic carbocycles. The van der Waals surface area contributed by atoms with Crippen molar-refractivity contribution in [2.24, 2.45) is 0 Å². The van der Waals surface area contributed by atoms with Gasteiger partial charge < -0.3 is 10.2 Å². The first-order valence-corrected chi connectivity index (χ1v) is 13.0. The zero-order valence-electron chi connectivity index (χ0n) is 20.5. The highest BCUT2D eigenvalue weighted by Gasteiger charge is 2.28. The summed E-state index contributed by atoms with van der Waals surface area (Å²) in [6, 6.07) is 13.3. The highest BCUT2D eigenvalue weighted by atomic mass is 32.2. The maximum atomic E-state index is 13.9. The van der Waals surface area contributed by atoms with Crippen molar-refractivity contribution in [3.63, 3.8) is 0 Å². The van der Waals surface area contributed by atoms with Crippen LogP contribution >= 0.6 is 0 Å². The summed E-state index contributed by atoms with van der Waals surface area (Å²) < 4.78 is 55.2. The van der Waals surface area contributed by atoms with Crippen LogP contribution in [0.25, 0.3) is 10.8 Å². The van der Waals surface area contributed by atoms with E-state index in [1.807, 2.05) is 10.8 Å². The van der Waals surface area contributed by atoms with Gasteiger partial charge in [-0.05, 0) is 48.4 Å². The molecule has 4 aromatic rings. The number of hydrogen-bond acceptors (Lipinski definition) is 5. The van der Waals surface area contributed by atoms with Gasteiger partial charge in [-0.3, -0.25) is 9.78 Å². The molecule has 1 atom stereocenters. The Morgan fingerprint density at radius 2 is 1.71 bits per heavy atom. The van der Waals surface area contributed by atoms with Gasteiger partial charge >= 0.3 is 6.03 Å². The number of aryl methyl sites for hydroxylation is 1. The predicted octanol–water partition coefficient (Wildman–Crippen LogP) is 4.08. The molecule has 11 heteroatoms. The molecule has 0 radical (unpaired) electrons. The molecular weight excluding hydrogens is 514 g/mol. The van der Waals surface area contributed by atoms with Crippen LogP contribution in [0.1, 0.15) is 11.1 Å². The van der Waals surface area contributed by atoms with Gasteiger partial charge in [-0.1, -0.05) is 30.3 Å². The van der Waals surface area contributed by atoms with E-state index in [9.17, 15) is 26.8 Å². The molecule has 0 spiro atoms. The summed E-state index contributed by atoms with van der Waals surface area (Å²) in [6.45, 7) is 1.58. The Morgan fingerprint density at radius 3 is 2.42 bits per heavy atom. The van der Waals surface area contributed by atoms with Crippen LogP contribution in [0.5, 0.6) is 0 Å². The van der Waals surface area contributed by atoms with Gasteiger partial charge in [0.05, 0.1) is 10.6 Å². The number of nitrogens with zero attached hydrogens (tertiary/aromatic N) is 2. The van der Waals surface area contributed by atoms with Gasteiger partial charge in [0.15, 0.2) is 0 Å². The number of benzene rings is 3. The average Bonchev–Trinajstić information content (AvgIpc) is 2.86. The quantitative estimate of drug-likeness (QED) is 0.369.